The predicted octanol–water partition coefficient (Wildman–Crippen LogP) is 1.67. The maximum atomic E-state index is 12.6. The molecule has 0 saturated carbocycles. The maximum absolute atomic E-state index is 12.6. The summed E-state index contributed by atoms with van der Waals surface area (Å²) in [4.78, 5) is 18.5. The average molecular weight is 340 g/mol. The Labute approximate surface area is 145 Å². The van der Waals surface area contributed by atoms with Gasteiger partial charge in [0.15, 0.2) is 5.82 Å². The Morgan fingerprint density at radius 1 is 1.40 bits per heavy atom. The van der Waals surface area contributed by atoms with Gasteiger partial charge in [0.05, 0.1) is 24.7 Å². The van der Waals surface area contributed by atoms with Crippen molar-refractivity contribution in [3.05, 3.63) is 54.5 Å². The number of carbonyl (C=O) groups is 1. The van der Waals surface area contributed by atoms with Gasteiger partial charge in [-0.1, -0.05) is 0 Å². The average Bonchev–Trinajstić information content (AvgIpc) is 3.38. The van der Waals surface area contributed by atoms with E-state index in [1.54, 1.807) is 18.6 Å². The number of amides is 1. The molecule has 0 unspecified atom stereocenters. The molecule has 0 spiro atoms. The van der Waals surface area contributed by atoms with E-state index in [1.165, 1.54) is 12.5 Å². The zero-order valence-corrected chi connectivity index (χ0v) is 14.1. The lowest BCUT2D eigenvalue weighted by molar-refractivity contribution is 0.0702. The molecule has 130 valence electrons. The molecular formula is C17H20N6O2. The van der Waals surface area contributed by atoms with Gasteiger partial charge < -0.3 is 18.5 Å². The first-order chi connectivity index (χ1) is 12.2. The molecule has 1 aliphatic rings. The van der Waals surface area contributed by atoms with Crippen molar-refractivity contribution in [3.8, 4) is 0 Å². The summed E-state index contributed by atoms with van der Waals surface area (Å²) in [7, 11) is 1.98. The quantitative estimate of drug-likeness (QED) is 0.721. The van der Waals surface area contributed by atoms with Gasteiger partial charge in [0.25, 0.3) is 5.91 Å². The van der Waals surface area contributed by atoms with Gasteiger partial charge in [-0.15, -0.1) is 10.2 Å². The van der Waals surface area contributed by atoms with Gasteiger partial charge in [-0.2, -0.15) is 0 Å². The van der Waals surface area contributed by atoms with Crippen molar-refractivity contribution in [2.24, 2.45) is 7.05 Å². The molecule has 4 heterocycles. The highest BCUT2D eigenvalue weighted by molar-refractivity contribution is 5.93. The van der Waals surface area contributed by atoms with Crippen molar-refractivity contribution >= 4 is 5.91 Å². The number of hydrogen-bond acceptors (Lipinski definition) is 5. The second-order valence-electron chi connectivity index (χ2n) is 6.37. The van der Waals surface area contributed by atoms with Crippen LogP contribution in [0.5, 0.6) is 0 Å². The molecule has 0 aromatic carbocycles. The lowest BCUT2D eigenvalue weighted by atomic mass is 9.96. The van der Waals surface area contributed by atoms with E-state index in [-0.39, 0.29) is 11.8 Å². The number of likely N-dealkylation sites (tertiary alicyclic amines) is 1. The van der Waals surface area contributed by atoms with Crippen LogP contribution in [0.25, 0.3) is 0 Å². The van der Waals surface area contributed by atoms with Crippen LogP contribution in [0, 0.1) is 0 Å². The van der Waals surface area contributed by atoms with Crippen molar-refractivity contribution in [1.29, 1.82) is 0 Å². The number of rotatable bonds is 4. The predicted molar refractivity (Wildman–Crippen MR) is 88.9 cm³/mol. The van der Waals surface area contributed by atoms with Gasteiger partial charge in [0.1, 0.15) is 12.1 Å². The molecule has 0 radical (unpaired) electrons. The van der Waals surface area contributed by atoms with Crippen LogP contribution in [0.3, 0.4) is 0 Å². The summed E-state index contributed by atoms with van der Waals surface area (Å²) in [6, 6.07) is 1.71. The third kappa shape index (κ3) is 3.07. The minimum Gasteiger partial charge on any atom is -0.472 e. The molecule has 1 amide bonds. The Kier molecular flexibility index (Phi) is 4.09. The van der Waals surface area contributed by atoms with Gasteiger partial charge in [0.2, 0.25) is 0 Å². The minimum atomic E-state index is 0.0132. The summed E-state index contributed by atoms with van der Waals surface area (Å²) in [6.07, 6.45) is 10.4. The number of furan rings is 1. The lowest BCUT2D eigenvalue weighted by Gasteiger charge is -2.32. The second-order valence-corrected chi connectivity index (χ2v) is 6.37. The van der Waals surface area contributed by atoms with Crippen LogP contribution >= 0.6 is 0 Å². The smallest absolute Gasteiger partial charge is 0.257 e. The van der Waals surface area contributed by atoms with Crippen LogP contribution in [0.4, 0.5) is 0 Å². The molecule has 1 atom stereocenters. The van der Waals surface area contributed by atoms with Crippen molar-refractivity contribution in [2.45, 2.75) is 25.3 Å². The van der Waals surface area contributed by atoms with Crippen molar-refractivity contribution < 1.29 is 9.21 Å². The molecule has 3 aromatic heterocycles. The van der Waals surface area contributed by atoms with Gasteiger partial charge in [-0.05, 0) is 18.9 Å². The molecule has 0 aliphatic carbocycles. The molecule has 25 heavy (non-hydrogen) atoms. The van der Waals surface area contributed by atoms with Crippen LogP contribution in [0.1, 0.15) is 40.8 Å². The first-order valence-corrected chi connectivity index (χ1v) is 8.37. The Morgan fingerprint density at radius 3 is 3.08 bits per heavy atom. The molecule has 1 aliphatic heterocycles. The molecule has 8 nitrogen and oxygen atoms in total. The summed E-state index contributed by atoms with van der Waals surface area (Å²) in [5.74, 6) is 2.02. The molecule has 1 saturated heterocycles. The van der Waals surface area contributed by atoms with Gasteiger partial charge >= 0.3 is 0 Å². The van der Waals surface area contributed by atoms with Crippen LogP contribution in [0.2, 0.25) is 0 Å². The summed E-state index contributed by atoms with van der Waals surface area (Å²) in [5, 5.41) is 8.73. The van der Waals surface area contributed by atoms with E-state index in [0.29, 0.717) is 18.7 Å². The molecule has 1 fully saturated rings. The number of aromatic nitrogens is 5. The number of imidazole rings is 1. The number of nitrogens with zero attached hydrogens (tertiary/aromatic N) is 6. The number of piperidine rings is 1. The third-order valence-corrected chi connectivity index (χ3v) is 4.72. The van der Waals surface area contributed by atoms with E-state index in [1.807, 2.05) is 27.3 Å². The van der Waals surface area contributed by atoms with E-state index in [0.717, 1.165) is 31.0 Å². The Morgan fingerprint density at radius 2 is 2.32 bits per heavy atom. The standard InChI is InChI=1S/C17H20N6O2/c1-21-15(10-22-7-5-18-12-22)19-20-16(21)13-3-2-6-23(9-13)17(24)14-4-8-25-11-14/h4-5,7-8,11-13H,2-3,6,9-10H2,1H3/t13-/m0/s1. The first kappa shape index (κ1) is 15.6. The Bertz CT molecular complexity index is 837. The van der Waals surface area contributed by atoms with Gasteiger partial charge in [0, 0.05) is 38.4 Å². The normalized spacial score (nSPS) is 17.8. The Balaban J connectivity index is 1.50. The van der Waals surface area contributed by atoms with Crippen LogP contribution < -0.4 is 0 Å². The Hall–Kier alpha value is -2.90. The highest BCUT2D eigenvalue weighted by atomic mass is 16.3. The second kappa shape index (κ2) is 6.54. The first-order valence-electron chi connectivity index (χ1n) is 8.37. The fourth-order valence-electron chi connectivity index (χ4n) is 3.35. The van der Waals surface area contributed by atoms with E-state index >= 15 is 0 Å². The molecule has 8 heteroatoms. The third-order valence-electron chi connectivity index (χ3n) is 4.72. The number of hydrogen-bond donors (Lipinski definition) is 0. The fourth-order valence-corrected chi connectivity index (χ4v) is 3.35. The van der Waals surface area contributed by atoms with Crippen LogP contribution in [-0.4, -0.2) is 48.2 Å². The molecule has 4 rings (SSSR count). The topological polar surface area (TPSA) is 82.0 Å². The van der Waals surface area contributed by atoms with Gasteiger partial charge in [-0.25, -0.2) is 4.98 Å². The van der Waals surface area contributed by atoms with E-state index in [9.17, 15) is 4.79 Å². The summed E-state index contributed by atoms with van der Waals surface area (Å²) in [5.41, 5.74) is 0.597. The molecular weight excluding hydrogens is 320 g/mol. The van der Waals surface area contributed by atoms with Crippen LogP contribution in [0.15, 0.2) is 41.7 Å². The van der Waals surface area contributed by atoms with E-state index < -0.39 is 0 Å². The summed E-state index contributed by atoms with van der Waals surface area (Å²) < 4.78 is 9.03. The molecule has 0 bridgehead atoms. The van der Waals surface area contributed by atoms with Crippen molar-refractivity contribution in [2.75, 3.05) is 13.1 Å². The fraction of sp³-hybridized carbons (Fsp3) is 0.412. The monoisotopic (exact) mass is 340 g/mol. The highest BCUT2D eigenvalue weighted by Gasteiger charge is 2.29. The van der Waals surface area contributed by atoms with Gasteiger partial charge in [-0.3, -0.25) is 4.79 Å². The minimum absolute atomic E-state index is 0.0132. The lowest BCUT2D eigenvalue weighted by Crippen LogP contribution is -2.39. The van der Waals surface area contributed by atoms with E-state index in [4.69, 9.17) is 4.42 Å². The zero-order valence-electron chi connectivity index (χ0n) is 14.1. The summed E-state index contributed by atoms with van der Waals surface area (Å²) in [6.45, 7) is 2.05. The maximum Gasteiger partial charge on any atom is 0.257 e. The van der Waals surface area contributed by atoms with Crippen molar-refractivity contribution in [3.63, 3.8) is 0 Å². The van der Waals surface area contributed by atoms with Crippen molar-refractivity contribution in [1.82, 2.24) is 29.2 Å². The van der Waals surface area contributed by atoms with E-state index in [2.05, 4.69) is 15.2 Å². The molecule has 3 aromatic rings. The van der Waals surface area contributed by atoms with Crippen LogP contribution in [-0.2, 0) is 13.6 Å². The number of carbonyl (C=O) groups excluding carboxylic acids is 1. The summed E-state index contributed by atoms with van der Waals surface area (Å²) >= 11 is 0. The SMILES string of the molecule is Cn1c(Cn2ccnc2)nnc1[C@H]1CCCN(C(=O)c2ccoc2)C1. The highest BCUT2D eigenvalue weighted by Crippen LogP contribution is 2.27. The molecule has 0 N–H and O–H groups in total. The zero-order chi connectivity index (χ0) is 17.2. The largest absolute Gasteiger partial charge is 0.472 e.